The van der Waals surface area contributed by atoms with Crippen molar-refractivity contribution in [2.75, 3.05) is 33.5 Å². The summed E-state index contributed by atoms with van der Waals surface area (Å²) in [4.78, 5) is 75.2. The molecule has 16 heteroatoms. The molecular weight excluding hydrogens is 923 g/mol. The van der Waals surface area contributed by atoms with Crippen molar-refractivity contribution in [1.29, 1.82) is 0 Å². The van der Waals surface area contributed by atoms with Crippen LogP contribution in [0.1, 0.15) is 208 Å². The molecular formula is C56H96N3O13+. The van der Waals surface area contributed by atoms with E-state index < -0.39 is 54.4 Å². The number of amides is 2. The average molecular weight is 1020 g/mol. The molecule has 3 aliphatic heterocycles. The second-order valence-electron chi connectivity index (χ2n) is 20.7. The Balaban J connectivity index is 1.50. The Morgan fingerprint density at radius 2 is 0.875 bits per heavy atom. The fraction of sp³-hybridized carbons (Fsp3) is 0.821. The van der Waals surface area contributed by atoms with Gasteiger partial charge in [0.05, 0.1) is 44.1 Å². The molecule has 3 rings (SSSR count). The predicted molar refractivity (Wildman–Crippen MR) is 276 cm³/mol. The SMILES string of the molecule is CCCCCC1OC1CC=CCCCCCCCC(=O)NC[N+](C)(CCC[C@H]1OC(COC(C)=O)[C@H](OC(C)=O)[C@H](OC(C)=O)C1OC(C)=O)CNC(=O)CCCCCCCC=CCC1OC1CCCCC. The number of nitrogens with zero attached hydrogens (tertiary/aromatic N) is 1. The Morgan fingerprint density at radius 1 is 0.458 bits per heavy atom. The van der Waals surface area contributed by atoms with E-state index >= 15 is 0 Å². The minimum atomic E-state index is -1.25. The van der Waals surface area contributed by atoms with Crippen molar-refractivity contribution in [3.05, 3.63) is 24.3 Å². The van der Waals surface area contributed by atoms with E-state index in [2.05, 4.69) is 48.8 Å². The summed E-state index contributed by atoms with van der Waals surface area (Å²) < 4.78 is 40.3. The van der Waals surface area contributed by atoms with Gasteiger partial charge in [0, 0.05) is 40.5 Å². The highest BCUT2D eigenvalue weighted by molar-refractivity contribution is 5.76. The molecule has 0 bridgehead atoms. The number of carbonyl (C=O) groups excluding carboxylic acids is 6. The number of quaternary nitrogens is 1. The number of ether oxygens (including phenoxy) is 7. The molecule has 0 radical (unpaired) electrons. The second-order valence-corrected chi connectivity index (χ2v) is 20.7. The Bertz CT molecular complexity index is 1590. The van der Waals surface area contributed by atoms with Gasteiger partial charge in [-0.2, -0.15) is 0 Å². The van der Waals surface area contributed by atoms with Crippen LogP contribution < -0.4 is 10.6 Å². The number of carbonyl (C=O) groups is 6. The third kappa shape index (κ3) is 28.0. The second kappa shape index (κ2) is 36.1. The first-order valence-corrected chi connectivity index (χ1v) is 27.9. The third-order valence-electron chi connectivity index (χ3n) is 13.8. The number of esters is 4. The van der Waals surface area contributed by atoms with Crippen LogP contribution in [0.15, 0.2) is 24.3 Å². The van der Waals surface area contributed by atoms with Gasteiger partial charge in [0.2, 0.25) is 11.8 Å². The molecule has 0 aliphatic carbocycles. The molecule has 6 unspecified atom stereocenters. The third-order valence-corrected chi connectivity index (χ3v) is 13.8. The van der Waals surface area contributed by atoms with Crippen LogP contribution in [0.5, 0.6) is 0 Å². The van der Waals surface area contributed by atoms with E-state index in [0.29, 0.717) is 50.2 Å². The summed E-state index contributed by atoms with van der Waals surface area (Å²) in [5, 5.41) is 6.23. The van der Waals surface area contributed by atoms with E-state index in [4.69, 9.17) is 33.2 Å². The first-order chi connectivity index (χ1) is 34.6. The number of hydrogen-bond acceptors (Lipinski definition) is 13. The maximum Gasteiger partial charge on any atom is 0.303 e. The topological polar surface area (TPSA) is 198 Å². The molecule has 9 atom stereocenters. The molecule has 0 saturated carbocycles. The number of allylic oxidation sites excluding steroid dienone is 2. The lowest BCUT2D eigenvalue weighted by Gasteiger charge is -2.44. The Hall–Kier alpha value is -3.86. The van der Waals surface area contributed by atoms with E-state index in [1.807, 2.05) is 7.05 Å². The zero-order chi connectivity index (χ0) is 52.6. The summed E-state index contributed by atoms with van der Waals surface area (Å²) in [6, 6.07) is 0. The highest BCUT2D eigenvalue weighted by Crippen LogP contribution is 2.33. The monoisotopic (exact) mass is 1020 g/mol. The molecule has 16 nitrogen and oxygen atoms in total. The van der Waals surface area contributed by atoms with E-state index in [1.54, 1.807) is 0 Å². The molecule has 0 spiro atoms. The Kier molecular flexibility index (Phi) is 31.3. The molecule has 2 amide bonds. The van der Waals surface area contributed by atoms with Crippen molar-refractivity contribution in [3.8, 4) is 0 Å². The normalized spacial score (nSPS) is 24.3. The van der Waals surface area contributed by atoms with Gasteiger partial charge < -0.3 is 43.8 Å². The van der Waals surface area contributed by atoms with Crippen LogP contribution in [0.3, 0.4) is 0 Å². The number of hydrogen-bond donors (Lipinski definition) is 2. The fourth-order valence-electron chi connectivity index (χ4n) is 9.50. The van der Waals surface area contributed by atoms with Gasteiger partial charge in [0.1, 0.15) is 12.7 Å². The lowest BCUT2D eigenvalue weighted by atomic mass is 9.91. The Morgan fingerprint density at radius 3 is 1.33 bits per heavy atom. The first kappa shape index (κ1) is 62.4. The van der Waals surface area contributed by atoms with E-state index in [1.165, 1.54) is 79.1 Å². The van der Waals surface area contributed by atoms with Gasteiger partial charge in [-0.25, -0.2) is 0 Å². The molecule has 0 aromatic heterocycles. The van der Waals surface area contributed by atoms with Gasteiger partial charge in [-0.05, 0) is 77.0 Å². The summed E-state index contributed by atoms with van der Waals surface area (Å²) >= 11 is 0. The van der Waals surface area contributed by atoms with Gasteiger partial charge in [-0.15, -0.1) is 0 Å². The molecule has 72 heavy (non-hydrogen) atoms. The lowest BCUT2D eigenvalue weighted by Crippen LogP contribution is -2.62. The molecule has 0 aromatic carbocycles. The molecule has 0 aromatic rings. The zero-order valence-corrected chi connectivity index (χ0v) is 45.5. The van der Waals surface area contributed by atoms with Crippen molar-refractivity contribution in [3.63, 3.8) is 0 Å². The van der Waals surface area contributed by atoms with Crippen molar-refractivity contribution >= 4 is 35.7 Å². The van der Waals surface area contributed by atoms with Crippen LogP contribution in [0.25, 0.3) is 0 Å². The van der Waals surface area contributed by atoms with E-state index in [-0.39, 0.29) is 42.7 Å². The number of nitrogens with one attached hydrogen (secondary N) is 2. The summed E-state index contributed by atoms with van der Waals surface area (Å²) in [6.45, 7) is 9.97. The number of epoxide rings is 2. The van der Waals surface area contributed by atoms with Gasteiger partial charge in [0.15, 0.2) is 31.6 Å². The predicted octanol–water partition coefficient (Wildman–Crippen LogP) is 9.54. The maximum atomic E-state index is 13.2. The summed E-state index contributed by atoms with van der Waals surface area (Å²) in [5.41, 5.74) is 0. The Labute approximate surface area is 432 Å². The van der Waals surface area contributed by atoms with Crippen LogP contribution in [0, 0.1) is 0 Å². The van der Waals surface area contributed by atoms with Crippen LogP contribution in [0.2, 0.25) is 0 Å². The van der Waals surface area contributed by atoms with Gasteiger partial charge in [0.25, 0.3) is 0 Å². The zero-order valence-electron chi connectivity index (χ0n) is 45.5. The largest absolute Gasteiger partial charge is 0.463 e. The van der Waals surface area contributed by atoms with Crippen molar-refractivity contribution in [2.24, 2.45) is 0 Å². The van der Waals surface area contributed by atoms with Gasteiger partial charge in [-0.3, -0.25) is 33.3 Å². The quantitative estimate of drug-likeness (QED) is 0.0112. The standard InChI is InChI=1S/C56H95N3O13/c1-8-10-24-31-46-48(70-46)33-26-20-16-12-14-18-22-28-36-52(64)57-40-59(7,41-58-53(65)37-29-23-19-15-13-17-21-27-34-49-47(71-49)32-25-11-9-2)38-30-35-50-54(67-43(4)61)56(69-45(6)63)55(68-44(5)62)51(72-50)39-66-42(3)60/h20-21,26-27,46-51,54-56H,8-19,22-25,28-41H2,1-7H3,(H-,57,58,64,65)/p+1/t46?,47?,48?,49?,50-,51?,54?,55+,56-,59?/m1/s1. The highest BCUT2D eigenvalue weighted by Gasteiger charge is 2.52. The van der Waals surface area contributed by atoms with Crippen LogP contribution >= 0.6 is 0 Å². The van der Waals surface area contributed by atoms with Gasteiger partial charge in [-0.1, -0.05) is 115 Å². The van der Waals surface area contributed by atoms with Crippen LogP contribution in [-0.4, -0.2) is 129 Å². The fourth-order valence-corrected chi connectivity index (χ4v) is 9.50. The minimum absolute atomic E-state index is 0.0534. The molecule has 3 saturated heterocycles. The molecule has 3 aliphatic rings. The number of rotatable bonds is 41. The molecule has 2 N–H and O–H groups in total. The van der Waals surface area contributed by atoms with Crippen LogP contribution in [0.4, 0.5) is 0 Å². The van der Waals surface area contributed by atoms with Gasteiger partial charge >= 0.3 is 23.9 Å². The highest BCUT2D eigenvalue weighted by atomic mass is 16.7. The van der Waals surface area contributed by atoms with E-state index in [0.717, 1.165) is 89.9 Å². The first-order valence-electron chi connectivity index (χ1n) is 27.9. The smallest absolute Gasteiger partial charge is 0.303 e. The molecule has 3 heterocycles. The summed E-state index contributed by atoms with van der Waals surface area (Å²) in [6.07, 6.45) is 31.0. The number of unbranched alkanes of at least 4 members (excludes halogenated alkanes) is 14. The summed E-state index contributed by atoms with van der Waals surface area (Å²) in [7, 11) is 1.96. The van der Waals surface area contributed by atoms with Crippen LogP contribution in [-0.2, 0) is 61.9 Å². The summed E-state index contributed by atoms with van der Waals surface area (Å²) in [5.74, 6) is -2.74. The van der Waals surface area contributed by atoms with Crippen molar-refractivity contribution < 1.29 is 66.4 Å². The maximum absolute atomic E-state index is 13.2. The van der Waals surface area contributed by atoms with Crippen molar-refractivity contribution in [2.45, 2.75) is 263 Å². The average Bonchev–Trinajstić information content (AvgIpc) is 4.26. The molecule has 3 fully saturated rings. The lowest BCUT2D eigenvalue weighted by molar-refractivity contribution is -0.913. The molecule has 412 valence electrons. The minimum Gasteiger partial charge on any atom is -0.463 e. The van der Waals surface area contributed by atoms with Crippen molar-refractivity contribution in [1.82, 2.24) is 10.6 Å². The van der Waals surface area contributed by atoms with E-state index in [9.17, 15) is 28.8 Å².